The second kappa shape index (κ2) is 9.94. The molecule has 0 aliphatic carbocycles. The largest absolute Gasteiger partial charge is 0.497 e. The van der Waals surface area contributed by atoms with Crippen molar-refractivity contribution < 1.29 is 14.2 Å². The van der Waals surface area contributed by atoms with Gasteiger partial charge in [0.05, 0.1) is 14.2 Å². The van der Waals surface area contributed by atoms with Crippen molar-refractivity contribution >= 4 is 10.8 Å². The Balaban J connectivity index is 1.72. The molecule has 35 heavy (non-hydrogen) atoms. The third-order valence-electron chi connectivity index (χ3n) is 6.32. The van der Waals surface area contributed by atoms with Gasteiger partial charge in [0, 0.05) is 10.9 Å². The van der Waals surface area contributed by atoms with Gasteiger partial charge in [-0.15, -0.1) is 0 Å². The average Bonchev–Trinajstić information content (AvgIpc) is 2.92. The Morgan fingerprint density at radius 3 is 1.94 bits per heavy atom. The maximum absolute atomic E-state index is 6.38. The van der Waals surface area contributed by atoms with Gasteiger partial charge in [-0.25, -0.2) is 0 Å². The van der Waals surface area contributed by atoms with Gasteiger partial charge in [-0.05, 0) is 70.5 Å². The minimum Gasteiger partial charge on any atom is -0.497 e. The lowest BCUT2D eigenvalue weighted by Gasteiger charge is -2.19. The normalized spacial score (nSPS) is 10.8. The molecule has 0 amide bonds. The topological polar surface area (TPSA) is 27.7 Å². The van der Waals surface area contributed by atoms with Crippen LogP contribution in [0.25, 0.3) is 33.0 Å². The molecule has 3 heteroatoms. The van der Waals surface area contributed by atoms with Gasteiger partial charge in [-0.3, -0.25) is 0 Å². The summed E-state index contributed by atoms with van der Waals surface area (Å²) >= 11 is 0. The van der Waals surface area contributed by atoms with Crippen LogP contribution in [0.4, 0.5) is 0 Å². The maximum Gasteiger partial charge on any atom is 0.128 e. The fraction of sp³-hybridized carbons (Fsp3) is 0.125. The third kappa shape index (κ3) is 4.58. The van der Waals surface area contributed by atoms with Crippen molar-refractivity contribution in [2.24, 2.45) is 0 Å². The fourth-order valence-electron chi connectivity index (χ4n) is 4.56. The van der Waals surface area contributed by atoms with Crippen molar-refractivity contribution in [1.29, 1.82) is 0 Å². The van der Waals surface area contributed by atoms with Crippen molar-refractivity contribution in [2.75, 3.05) is 14.2 Å². The molecular weight excluding hydrogens is 432 g/mol. The third-order valence-corrected chi connectivity index (χ3v) is 6.32. The molecule has 0 aliphatic heterocycles. The summed E-state index contributed by atoms with van der Waals surface area (Å²) in [4.78, 5) is 0. The zero-order chi connectivity index (χ0) is 24.2. The lowest BCUT2D eigenvalue weighted by atomic mass is 9.90. The number of benzene rings is 5. The second-order valence-corrected chi connectivity index (χ2v) is 8.53. The monoisotopic (exact) mass is 460 g/mol. The number of rotatable bonds is 7. The van der Waals surface area contributed by atoms with Crippen LogP contribution < -0.4 is 14.2 Å². The minimum absolute atomic E-state index is 0.503. The van der Waals surface area contributed by atoms with E-state index in [1.54, 1.807) is 14.2 Å². The first-order valence-electron chi connectivity index (χ1n) is 11.7. The smallest absolute Gasteiger partial charge is 0.128 e. The van der Waals surface area contributed by atoms with E-state index in [9.17, 15) is 0 Å². The Bertz CT molecular complexity index is 1440. The molecule has 0 bridgehead atoms. The Morgan fingerprint density at radius 2 is 1.29 bits per heavy atom. The van der Waals surface area contributed by atoms with Crippen LogP contribution in [0, 0.1) is 6.92 Å². The highest BCUT2D eigenvalue weighted by molar-refractivity contribution is 6.05. The minimum atomic E-state index is 0.503. The highest BCUT2D eigenvalue weighted by Crippen LogP contribution is 2.43. The first-order valence-corrected chi connectivity index (χ1v) is 11.7. The average molecular weight is 461 g/mol. The van der Waals surface area contributed by atoms with E-state index in [1.807, 2.05) is 36.4 Å². The number of methoxy groups -OCH3 is 2. The quantitative estimate of drug-likeness (QED) is 0.246. The van der Waals surface area contributed by atoms with Crippen LogP contribution in [0.3, 0.4) is 0 Å². The Labute approximate surface area is 206 Å². The first kappa shape index (κ1) is 22.5. The van der Waals surface area contributed by atoms with Crippen molar-refractivity contribution in [1.82, 2.24) is 0 Å². The molecule has 174 valence electrons. The maximum atomic E-state index is 6.38. The molecule has 0 N–H and O–H groups in total. The predicted molar refractivity (Wildman–Crippen MR) is 143 cm³/mol. The molecule has 0 spiro atoms. The summed E-state index contributed by atoms with van der Waals surface area (Å²) in [5.74, 6) is 2.47. The van der Waals surface area contributed by atoms with Crippen molar-refractivity contribution in [3.63, 3.8) is 0 Å². The van der Waals surface area contributed by atoms with Crippen LogP contribution in [-0.4, -0.2) is 14.2 Å². The van der Waals surface area contributed by atoms with E-state index in [-0.39, 0.29) is 0 Å². The van der Waals surface area contributed by atoms with E-state index < -0.39 is 0 Å². The fourth-order valence-corrected chi connectivity index (χ4v) is 4.56. The number of hydrogen-bond donors (Lipinski definition) is 0. The zero-order valence-corrected chi connectivity index (χ0v) is 20.2. The number of fused-ring (bicyclic) bond motifs is 1. The van der Waals surface area contributed by atoms with Crippen molar-refractivity contribution in [3.05, 3.63) is 114 Å². The summed E-state index contributed by atoms with van der Waals surface area (Å²) < 4.78 is 17.6. The summed E-state index contributed by atoms with van der Waals surface area (Å²) in [5, 5.41) is 2.16. The summed E-state index contributed by atoms with van der Waals surface area (Å²) in [5.41, 5.74) is 6.77. The number of hydrogen-bond acceptors (Lipinski definition) is 3. The molecule has 0 heterocycles. The SMILES string of the molecule is COc1ccc(-c2cc3c(-c4ccccc4)c(C)cc(OCc4ccccc4)c3cc2OC)cc1. The molecule has 0 aromatic heterocycles. The zero-order valence-electron chi connectivity index (χ0n) is 20.2. The van der Waals surface area contributed by atoms with E-state index in [4.69, 9.17) is 14.2 Å². The highest BCUT2D eigenvalue weighted by atomic mass is 16.5. The molecule has 0 saturated carbocycles. The molecule has 0 fully saturated rings. The lowest BCUT2D eigenvalue weighted by molar-refractivity contribution is 0.310. The Morgan fingerprint density at radius 1 is 0.600 bits per heavy atom. The molecule has 0 unspecified atom stereocenters. The summed E-state index contributed by atoms with van der Waals surface area (Å²) in [6.07, 6.45) is 0. The number of ether oxygens (including phenoxy) is 3. The second-order valence-electron chi connectivity index (χ2n) is 8.53. The van der Waals surface area contributed by atoms with E-state index >= 15 is 0 Å². The van der Waals surface area contributed by atoms with E-state index in [0.29, 0.717) is 6.61 Å². The van der Waals surface area contributed by atoms with Crippen molar-refractivity contribution in [3.8, 4) is 39.5 Å². The van der Waals surface area contributed by atoms with Gasteiger partial charge in [-0.2, -0.15) is 0 Å². The van der Waals surface area contributed by atoms with Gasteiger partial charge in [0.1, 0.15) is 23.9 Å². The van der Waals surface area contributed by atoms with Crippen LogP contribution in [0.1, 0.15) is 11.1 Å². The molecule has 5 rings (SSSR count). The van der Waals surface area contributed by atoms with Gasteiger partial charge in [0.2, 0.25) is 0 Å². The van der Waals surface area contributed by atoms with Crippen molar-refractivity contribution in [2.45, 2.75) is 13.5 Å². The Kier molecular flexibility index (Phi) is 6.40. The standard InChI is InChI=1S/C32H28O3/c1-22-18-31(35-21-23-10-6-4-7-11-23)28-20-30(34-3)27(24-14-16-26(33-2)17-15-24)19-29(28)32(22)25-12-8-5-9-13-25/h4-20H,21H2,1-3H3. The van der Waals surface area contributed by atoms with Crippen LogP contribution in [0.2, 0.25) is 0 Å². The molecule has 0 aliphatic rings. The summed E-state index contributed by atoms with van der Waals surface area (Å²) in [6.45, 7) is 2.65. The van der Waals surface area contributed by atoms with Gasteiger partial charge in [-0.1, -0.05) is 72.8 Å². The van der Waals surface area contributed by atoms with Crippen LogP contribution in [0.15, 0.2) is 103 Å². The molecule has 5 aromatic carbocycles. The first-order chi connectivity index (χ1) is 17.2. The summed E-state index contributed by atoms with van der Waals surface area (Å²) in [6, 6.07) is 35.3. The molecule has 0 saturated heterocycles. The van der Waals surface area contributed by atoms with Crippen LogP contribution in [0.5, 0.6) is 17.2 Å². The van der Waals surface area contributed by atoms with E-state index in [0.717, 1.165) is 50.3 Å². The van der Waals surface area contributed by atoms with E-state index in [1.165, 1.54) is 11.1 Å². The lowest BCUT2D eigenvalue weighted by Crippen LogP contribution is -1.99. The number of aryl methyl sites for hydroxylation is 1. The molecule has 5 aromatic rings. The Hall–Kier alpha value is -4.24. The van der Waals surface area contributed by atoms with Crippen LogP contribution in [-0.2, 0) is 6.61 Å². The summed E-state index contributed by atoms with van der Waals surface area (Å²) in [7, 11) is 3.39. The van der Waals surface area contributed by atoms with Gasteiger partial charge < -0.3 is 14.2 Å². The molecule has 0 radical (unpaired) electrons. The predicted octanol–water partition coefficient (Wildman–Crippen LogP) is 8.08. The highest BCUT2D eigenvalue weighted by Gasteiger charge is 2.17. The van der Waals surface area contributed by atoms with Crippen LogP contribution >= 0.6 is 0 Å². The van der Waals surface area contributed by atoms with Gasteiger partial charge >= 0.3 is 0 Å². The van der Waals surface area contributed by atoms with Gasteiger partial charge in [0.15, 0.2) is 0 Å². The van der Waals surface area contributed by atoms with Gasteiger partial charge in [0.25, 0.3) is 0 Å². The van der Waals surface area contributed by atoms with E-state index in [2.05, 4.69) is 73.7 Å². The molecule has 0 atom stereocenters. The molecular formula is C32H28O3. The molecule has 3 nitrogen and oxygen atoms in total.